The number of nitrogens with zero attached hydrogens (tertiary/aromatic N) is 2. The maximum Gasteiger partial charge on any atom is 0.210 e. The van der Waals surface area contributed by atoms with Crippen LogP contribution in [0.1, 0.15) is 30.9 Å². The molecular formula is C11H14N2O2. The molecule has 4 heteroatoms. The number of hydrogen-bond donors (Lipinski definition) is 1. The first-order valence-electron chi connectivity index (χ1n) is 5.17. The van der Waals surface area contributed by atoms with Gasteiger partial charge in [0.25, 0.3) is 0 Å². The third-order valence-electron chi connectivity index (χ3n) is 2.87. The molecule has 1 saturated heterocycles. The van der Waals surface area contributed by atoms with E-state index in [1.165, 1.54) is 6.20 Å². The zero-order valence-electron chi connectivity index (χ0n) is 8.47. The van der Waals surface area contributed by atoms with Crippen LogP contribution in [0.3, 0.4) is 0 Å². The van der Waals surface area contributed by atoms with Gasteiger partial charge in [0, 0.05) is 18.3 Å². The first-order valence-corrected chi connectivity index (χ1v) is 5.17. The molecule has 15 heavy (non-hydrogen) atoms. The number of aromatic hydroxyl groups is 1. The minimum absolute atomic E-state index is 0.0132. The lowest BCUT2D eigenvalue weighted by Gasteiger charge is -2.33. The number of rotatable bonds is 2. The number of carbonyl (C=O) groups is 1. The van der Waals surface area contributed by atoms with Gasteiger partial charge >= 0.3 is 0 Å². The molecule has 0 aromatic carbocycles. The van der Waals surface area contributed by atoms with Crippen molar-refractivity contribution < 1.29 is 9.90 Å². The molecule has 0 bridgehead atoms. The van der Waals surface area contributed by atoms with E-state index in [9.17, 15) is 9.90 Å². The molecule has 1 amide bonds. The lowest BCUT2D eigenvalue weighted by atomic mass is 9.96. The largest absolute Gasteiger partial charge is 0.506 e. The molecule has 0 spiro atoms. The molecule has 1 atom stereocenters. The Morgan fingerprint density at radius 2 is 2.40 bits per heavy atom. The van der Waals surface area contributed by atoms with E-state index in [0.29, 0.717) is 0 Å². The Balaban J connectivity index is 2.28. The van der Waals surface area contributed by atoms with E-state index < -0.39 is 0 Å². The summed E-state index contributed by atoms with van der Waals surface area (Å²) in [6.07, 6.45) is 6.98. The first-order chi connectivity index (χ1) is 7.33. The fourth-order valence-electron chi connectivity index (χ4n) is 2.09. The van der Waals surface area contributed by atoms with Gasteiger partial charge in [-0.25, -0.2) is 0 Å². The van der Waals surface area contributed by atoms with Gasteiger partial charge in [0.1, 0.15) is 5.75 Å². The summed E-state index contributed by atoms with van der Waals surface area (Å²) in [5.74, 6) is 0.177. The van der Waals surface area contributed by atoms with Crippen LogP contribution in [0, 0.1) is 0 Å². The van der Waals surface area contributed by atoms with Gasteiger partial charge < -0.3 is 10.0 Å². The van der Waals surface area contributed by atoms with Crippen molar-refractivity contribution in [2.24, 2.45) is 0 Å². The molecule has 1 N–H and O–H groups in total. The van der Waals surface area contributed by atoms with E-state index >= 15 is 0 Å². The van der Waals surface area contributed by atoms with Gasteiger partial charge in [-0.1, -0.05) is 0 Å². The normalized spacial score (nSPS) is 21.3. The van der Waals surface area contributed by atoms with Crippen molar-refractivity contribution in [3.8, 4) is 5.75 Å². The zero-order valence-corrected chi connectivity index (χ0v) is 8.47. The maximum absolute atomic E-state index is 10.9. The minimum atomic E-state index is 0.0132. The van der Waals surface area contributed by atoms with Crippen molar-refractivity contribution in [1.82, 2.24) is 9.88 Å². The number of pyridine rings is 1. The van der Waals surface area contributed by atoms with Crippen LogP contribution in [0.4, 0.5) is 0 Å². The maximum atomic E-state index is 10.9. The Hall–Kier alpha value is -1.58. The summed E-state index contributed by atoms with van der Waals surface area (Å²) in [5, 5.41) is 9.67. The number of amides is 1. The van der Waals surface area contributed by atoms with E-state index in [1.54, 1.807) is 17.2 Å². The van der Waals surface area contributed by atoms with Gasteiger partial charge in [-0.3, -0.25) is 9.78 Å². The Morgan fingerprint density at radius 3 is 3.13 bits per heavy atom. The molecule has 2 heterocycles. The zero-order chi connectivity index (χ0) is 10.7. The monoisotopic (exact) mass is 206 g/mol. The fraction of sp³-hybridized carbons (Fsp3) is 0.455. The number of hydrogen-bond acceptors (Lipinski definition) is 3. The third kappa shape index (κ3) is 1.93. The van der Waals surface area contributed by atoms with E-state index in [4.69, 9.17) is 0 Å². The van der Waals surface area contributed by atoms with Gasteiger partial charge in [-0.2, -0.15) is 0 Å². The Bertz CT molecular complexity index is 354. The molecule has 80 valence electrons. The van der Waals surface area contributed by atoms with Crippen molar-refractivity contribution in [3.05, 3.63) is 24.0 Å². The number of piperidine rings is 1. The summed E-state index contributed by atoms with van der Waals surface area (Å²) in [5.41, 5.74) is 0.803. The van der Waals surface area contributed by atoms with Crippen molar-refractivity contribution in [2.45, 2.75) is 25.3 Å². The van der Waals surface area contributed by atoms with Gasteiger partial charge in [0.05, 0.1) is 12.2 Å². The first kappa shape index (κ1) is 9.96. The van der Waals surface area contributed by atoms with Crippen LogP contribution >= 0.6 is 0 Å². The minimum Gasteiger partial charge on any atom is -0.506 e. The summed E-state index contributed by atoms with van der Waals surface area (Å²) in [6.45, 7) is 0.774. The molecule has 4 nitrogen and oxygen atoms in total. The molecule has 1 aliphatic rings. The summed E-state index contributed by atoms with van der Waals surface area (Å²) in [4.78, 5) is 16.5. The standard InChI is InChI=1S/C11H14N2O2/c14-8-13-6-2-1-3-10(13)9-4-5-12-7-11(9)15/h4-5,7-8,10,15H,1-3,6H2. The number of likely N-dealkylation sites (tertiary alicyclic amines) is 1. The third-order valence-corrected chi connectivity index (χ3v) is 2.87. The second-order valence-electron chi connectivity index (χ2n) is 3.79. The highest BCUT2D eigenvalue weighted by atomic mass is 16.3. The van der Waals surface area contributed by atoms with Crippen molar-refractivity contribution in [2.75, 3.05) is 6.54 Å². The van der Waals surface area contributed by atoms with E-state index in [0.717, 1.165) is 37.8 Å². The van der Waals surface area contributed by atoms with Gasteiger partial charge in [-0.15, -0.1) is 0 Å². The summed E-state index contributed by atoms with van der Waals surface area (Å²) in [7, 11) is 0. The molecule has 0 aliphatic carbocycles. The predicted octanol–water partition coefficient (Wildman–Crippen LogP) is 1.47. The van der Waals surface area contributed by atoms with E-state index in [1.807, 2.05) is 0 Å². The average molecular weight is 206 g/mol. The van der Waals surface area contributed by atoms with Gasteiger partial charge in [-0.05, 0) is 25.3 Å². The van der Waals surface area contributed by atoms with Crippen molar-refractivity contribution in [3.63, 3.8) is 0 Å². The van der Waals surface area contributed by atoms with E-state index in [2.05, 4.69) is 4.98 Å². The van der Waals surface area contributed by atoms with Crippen LogP contribution in [0.25, 0.3) is 0 Å². The van der Waals surface area contributed by atoms with Crippen molar-refractivity contribution in [1.29, 1.82) is 0 Å². The Morgan fingerprint density at radius 1 is 1.53 bits per heavy atom. The molecule has 1 aliphatic heterocycles. The molecule has 1 unspecified atom stereocenters. The van der Waals surface area contributed by atoms with Crippen LogP contribution in [-0.2, 0) is 4.79 Å². The van der Waals surface area contributed by atoms with Crippen LogP contribution in [-0.4, -0.2) is 27.9 Å². The fourth-order valence-corrected chi connectivity index (χ4v) is 2.09. The second kappa shape index (κ2) is 4.29. The van der Waals surface area contributed by atoms with Gasteiger partial charge in [0.15, 0.2) is 0 Å². The van der Waals surface area contributed by atoms with Gasteiger partial charge in [0.2, 0.25) is 6.41 Å². The number of aromatic nitrogens is 1. The summed E-state index contributed by atoms with van der Waals surface area (Å²) in [6, 6.07) is 1.79. The van der Waals surface area contributed by atoms with Crippen molar-refractivity contribution >= 4 is 6.41 Å². The van der Waals surface area contributed by atoms with E-state index in [-0.39, 0.29) is 11.8 Å². The Labute approximate surface area is 88.6 Å². The smallest absolute Gasteiger partial charge is 0.210 e. The molecule has 0 saturated carbocycles. The van der Waals surface area contributed by atoms with Crippen LogP contribution < -0.4 is 0 Å². The topological polar surface area (TPSA) is 53.4 Å². The molecule has 1 aromatic heterocycles. The lowest BCUT2D eigenvalue weighted by Crippen LogP contribution is -2.32. The predicted molar refractivity (Wildman–Crippen MR) is 55.3 cm³/mol. The van der Waals surface area contributed by atoms with Crippen LogP contribution in [0.15, 0.2) is 18.5 Å². The molecule has 2 rings (SSSR count). The lowest BCUT2D eigenvalue weighted by molar-refractivity contribution is -0.121. The summed E-state index contributed by atoms with van der Waals surface area (Å²) >= 11 is 0. The van der Waals surface area contributed by atoms with Crippen LogP contribution in [0.5, 0.6) is 5.75 Å². The quantitative estimate of drug-likeness (QED) is 0.745. The highest BCUT2D eigenvalue weighted by Crippen LogP contribution is 2.33. The summed E-state index contributed by atoms with van der Waals surface area (Å²) < 4.78 is 0. The second-order valence-corrected chi connectivity index (χ2v) is 3.79. The molecule has 0 radical (unpaired) electrons. The van der Waals surface area contributed by atoms with Crippen LogP contribution in [0.2, 0.25) is 0 Å². The highest BCUT2D eigenvalue weighted by Gasteiger charge is 2.24. The SMILES string of the molecule is O=CN1CCCCC1c1ccncc1O. The Kier molecular flexibility index (Phi) is 2.85. The molecular weight excluding hydrogens is 192 g/mol. The average Bonchev–Trinajstić information content (AvgIpc) is 2.30. The molecule has 1 fully saturated rings. The number of carbonyl (C=O) groups excluding carboxylic acids is 1. The molecule has 1 aromatic rings. The highest BCUT2D eigenvalue weighted by molar-refractivity contribution is 5.50.